The fourth-order valence-corrected chi connectivity index (χ4v) is 2.89. The Bertz CT molecular complexity index is 858. The maximum atomic E-state index is 11.4. The van der Waals surface area contributed by atoms with Gasteiger partial charge < -0.3 is 10.1 Å². The van der Waals surface area contributed by atoms with Gasteiger partial charge in [0.05, 0.1) is 21.7 Å². The van der Waals surface area contributed by atoms with Gasteiger partial charge >= 0.3 is 0 Å². The molecule has 2 aromatic heterocycles. The Morgan fingerprint density at radius 3 is 2.75 bits per heavy atom. The second-order valence-electron chi connectivity index (χ2n) is 5.72. The lowest BCUT2D eigenvalue weighted by molar-refractivity contribution is -0.384. The van der Waals surface area contributed by atoms with Crippen molar-refractivity contribution in [3.8, 4) is 11.3 Å². The molecule has 0 aliphatic carbocycles. The molecular weight excluding hydrogens is 306 g/mol. The van der Waals surface area contributed by atoms with Crippen LogP contribution in [0.15, 0.2) is 42.6 Å². The van der Waals surface area contributed by atoms with Gasteiger partial charge in [0.2, 0.25) is 0 Å². The molecule has 0 aliphatic heterocycles. The normalized spacial score (nSPS) is 11.0. The molecule has 0 radical (unpaired) electrons. The fourth-order valence-electron chi connectivity index (χ4n) is 2.89. The number of hydrogen-bond acceptors (Lipinski definition) is 4. The largest absolute Gasteiger partial charge is 0.396 e. The van der Waals surface area contributed by atoms with Gasteiger partial charge in [0.15, 0.2) is 0 Å². The summed E-state index contributed by atoms with van der Waals surface area (Å²) in [7, 11) is 0. The number of nitrogens with one attached hydrogen (secondary N) is 1. The zero-order valence-electron chi connectivity index (χ0n) is 13.2. The van der Waals surface area contributed by atoms with Gasteiger partial charge in [-0.05, 0) is 37.5 Å². The molecule has 0 aliphatic rings. The summed E-state index contributed by atoms with van der Waals surface area (Å²) >= 11 is 0. The molecule has 2 heterocycles. The molecule has 0 spiro atoms. The molecule has 1 aromatic carbocycles. The number of aliphatic hydroxyl groups is 1. The summed E-state index contributed by atoms with van der Waals surface area (Å²) in [6, 6.07) is 11.3. The number of rotatable bonds is 7. The van der Waals surface area contributed by atoms with Crippen molar-refractivity contribution in [2.45, 2.75) is 25.7 Å². The van der Waals surface area contributed by atoms with Crippen LogP contribution in [0.1, 0.15) is 25.0 Å². The van der Waals surface area contributed by atoms with Crippen LogP contribution in [-0.2, 0) is 6.42 Å². The molecule has 0 saturated heterocycles. The third kappa shape index (κ3) is 3.28. The molecule has 6 heteroatoms. The van der Waals surface area contributed by atoms with E-state index in [1.165, 1.54) is 6.20 Å². The van der Waals surface area contributed by atoms with Crippen LogP contribution < -0.4 is 0 Å². The monoisotopic (exact) mass is 325 g/mol. The molecule has 0 bridgehead atoms. The van der Waals surface area contributed by atoms with Crippen LogP contribution in [0.5, 0.6) is 0 Å². The average Bonchev–Trinajstić information content (AvgIpc) is 3.06. The fraction of sp³-hybridized carbons (Fsp3) is 0.278. The Balaban J connectivity index is 1.98. The number of nitro groups is 1. The van der Waals surface area contributed by atoms with Crippen molar-refractivity contribution in [1.29, 1.82) is 0 Å². The highest BCUT2D eigenvalue weighted by atomic mass is 16.6. The van der Waals surface area contributed by atoms with Crippen molar-refractivity contribution >= 4 is 16.6 Å². The number of pyridine rings is 1. The summed E-state index contributed by atoms with van der Waals surface area (Å²) < 4.78 is 0. The first kappa shape index (κ1) is 16.1. The Morgan fingerprint density at radius 1 is 1.12 bits per heavy atom. The Kier molecular flexibility index (Phi) is 4.86. The molecule has 3 rings (SSSR count). The van der Waals surface area contributed by atoms with E-state index in [0.717, 1.165) is 48.0 Å². The number of para-hydroxylation sites is 1. The van der Waals surface area contributed by atoms with Gasteiger partial charge in [0, 0.05) is 17.7 Å². The van der Waals surface area contributed by atoms with Gasteiger partial charge in [0.25, 0.3) is 5.69 Å². The van der Waals surface area contributed by atoms with E-state index < -0.39 is 4.92 Å². The Hall–Kier alpha value is -2.73. The number of unbranched alkanes of at least 4 members (excludes halogenated alkanes) is 2. The van der Waals surface area contributed by atoms with Crippen molar-refractivity contribution in [2.24, 2.45) is 0 Å². The third-order valence-electron chi connectivity index (χ3n) is 4.07. The Labute approximate surface area is 139 Å². The lowest BCUT2D eigenvalue weighted by atomic mass is 10.0. The topological polar surface area (TPSA) is 92.1 Å². The number of aliphatic hydroxyl groups excluding tert-OH is 1. The highest BCUT2D eigenvalue weighted by Crippen LogP contribution is 2.35. The lowest BCUT2D eigenvalue weighted by Crippen LogP contribution is -1.96. The number of nitrogens with zero attached hydrogens (tertiary/aromatic N) is 2. The molecule has 0 amide bonds. The summed E-state index contributed by atoms with van der Waals surface area (Å²) in [6.45, 7) is 0.213. The minimum absolute atomic E-state index is 0.00220. The van der Waals surface area contributed by atoms with E-state index in [2.05, 4.69) is 9.97 Å². The Morgan fingerprint density at radius 2 is 1.96 bits per heavy atom. The highest BCUT2D eigenvalue weighted by molar-refractivity contribution is 5.97. The van der Waals surface area contributed by atoms with Gasteiger partial charge in [-0.15, -0.1) is 0 Å². The van der Waals surface area contributed by atoms with Crippen LogP contribution in [0.4, 0.5) is 5.69 Å². The smallest absolute Gasteiger partial charge is 0.297 e. The van der Waals surface area contributed by atoms with Crippen LogP contribution in [0, 0.1) is 10.1 Å². The number of hydrogen-bond donors (Lipinski definition) is 2. The van der Waals surface area contributed by atoms with Gasteiger partial charge in [-0.3, -0.25) is 10.1 Å². The number of aryl methyl sites for hydroxylation is 1. The summed E-state index contributed by atoms with van der Waals surface area (Å²) in [4.78, 5) is 18.5. The lowest BCUT2D eigenvalue weighted by Gasteiger charge is -2.06. The quantitative estimate of drug-likeness (QED) is 0.392. The van der Waals surface area contributed by atoms with E-state index in [-0.39, 0.29) is 12.3 Å². The van der Waals surface area contributed by atoms with E-state index in [1.54, 1.807) is 0 Å². The zero-order chi connectivity index (χ0) is 16.9. The second kappa shape index (κ2) is 7.23. The van der Waals surface area contributed by atoms with Gasteiger partial charge in [-0.25, -0.2) is 4.98 Å². The van der Waals surface area contributed by atoms with Crippen LogP contribution in [-0.4, -0.2) is 26.6 Å². The molecule has 124 valence electrons. The zero-order valence-corrected chi connectivity index (χ0v) is 13.2. The van der Waals surface area contributed by atoms with Crippen molar-refractivity contribution in [1.82, 2.24) is 9.97 Å². The summed E-state index contributed by atoms with van der Waals surface area (Å²) in [6.07, 6.45) is 4.91. The standard InChI is InChI=1S/C18H19N3O3/c22-11-5-1-2-6-13-9-10-16(20-13)18-14-7-3-4-8-15(14)19-12-17(18)21(23)24/h3-4,7-10,12,20,22H,1-2,5-6,11H2. The molecule has 0 fully saturated rings. The van der Waals surface area contributed by atoms with Crippen LogP contribution in [0.3, 0.4) is 0 Å². The predicted octanol–water partition coefficient (Wildman–Crippen LogP) is 3.84. The first-order chi connectivity index (χ1) is 11.7. The average molecular weight is 325 g/mol. The summed E-state index contributed by atoms with van der Waals surface area (Å²) in [5.41, 5.74) is 3.09. The second-order valence-corrected chi connectivity index (χ2v) is 5.72. The van der Waals surface area contributed by atoms with Crippen LogP contribution in [0.2, 0.25) is 0 Å². The first-order valence-corrected chi connectivity index (χ1v) is 8.02. The van der Waals surface area contributed by atoms with E-state index in [9.17, 15) is 10.1 Å². The molecule has 0 atom stereocenters. The van der Waals surface area contributed by atoms with E-state index >= 15 is 0 Å². The summed E-state index contributed by atoms with van der Waals surface area (Å²) in [5.74, 6) is 0. The van der Waals surface area contributed by atoms with E-state index in [4.69, 9.17) is 5.11 Å². The maximum Gasteiger partial charge on any atom is 0.297 e. The van der Waals surface area contributed by atoms with Crippen molar-refractivity contribution < 1.29 is 10.0 Å². The van der Waals surface area contributed by atoms with Crippen LogP contribution in [0.25, 0.3) is 22.2 Å². The van der Waals surface area contributed by atoms with Gasteiger partial charge in [-0.2, -0.15) is 0 Å². The molecule has 0 saturated carbocycles. The number of benzene rings is 1. The van der Waals surface area contributed by atoms with Gasteiger partial charge in [0.1, 0.15) is 6.20 Å². The molecule has 24 heavy (non-hydrogen) atoms. The van der Waals surface area contributed by atoms with Crippen molar-refractivity contribution in [3.63, 3.8) is 0 Å². The minimum Gasteiger partial charge on any atom is -0.396 e. The number of aromatic nitrogens is 2. The van der Waals surface area contributed by atoms with E-state index in [0.29, 0.717) is 5.56 Å². The van der Waals surface area contributed by atoms with Gasteiger partial charge in [-0.1, -0.05) is 24.6 Å². The molecule has 0 unspecified atom stereocenters. The molecular formula is C18H19N3O3. The first-order valence-electron chi connectivity index (χ1n) is 8.02. The maximum absolute atomic E-state index is 11.4. The molecule has 6 nitrogen and oxygen atoms in total. The van der Waals surface area contributed by atoms with Crippen molar-refractivity contribution in [3.05, 3.63) is 58.4 Å². The number of fused-ring (bicyclic) bond motifs is 1. The van der Waals surface area contributed by atoms with E-state index in [1.807, 2.05) is 36.4 Å². The molecule has 2 N–H and O–H groups in total. The summed E-state index contributed by atoms with van der Waals surface area (Å²) in [5, 5.41) is 21.0. The number of aromatic amines is 1. The van der Waals surface area contributed by atoms with Crippen LogP contribution >= 0.6 is 0 Å². The molecule has 3 aromatic rings. The highest BCUT2D eigenvalue weighted by Gasteiger charge is 2.20. The predicted molar refractivity (Wildman–Crippen MR) is 92.8 cm³/mol. The van der Waals surface area contributed by atoms with Crippen molar-refractivity contribution in [2.75, 3.05) is 6.61 Å². The third-order valence-corrected chi connectivity index (χ3v) is 4.07. The SMILES string of the molecule is O=[N+]([O-])c1cnc2ccccc2c1-c1ccc(CCCCCO)[nH]1. The minimum atomic E-state index is -0.392. The number of H-pyrrole nitrogens is 1.